The number of nitrogen functional groups attached to an aromatic ring is 1. The van der Waals surface area contributed by atoms with Gasteiger partial charge >= 0.3 is 0 Å². The molecule has 3 aromatic rings. The predicted molar refractivity (Wildman–Crippen MR) is 91.5 cm³/mol. The lowest BCUT2D eigenvalue weighted by Gasteiger charge is -2.08. The molecule has 3 rings (SSSR count). The average Bonchev–Trinajstić information content (AvgIpc) is 2.54. The molecule has 0 aliphatic rings. The quantitative estimate of drug-likeness (QED) is 0.628. The smallest absolute Gasteiger partial charge is 0.115 e. The molecule has 110 valence electrons. The summed E-state index contributed by atoms with van der Waals surface area (Å²) in [5.74, 6) is 0.298. The Hall–Kier alpha value is -2.94. The van der Waals surface area contributed by atoms with Gasteiger partial charge in [-0.25, -0.2) is 0 Å². The molecule has 22 heavy (non-hydrogen) atoms. The Balaban J connectivity index is 1.67. The van der Waals surface area contributed by atoms with Crippen LogP contribution in [0.15, 0.2) is 72.8 Å². The summed E-state index contributed by atoms with van der Waals surface area (Å²) < 4.78 is 0. The first-order valence-electron chi connectivity index (χ1n) is 7.18. The Morgan fingerprint density at radius 2 is 1.14 bits per heavy atom. The fraction of sp³-hybridized carbons (Fsp3) is 0.0526. The van der Waals surface area contributed by atoms with Crippen LogP contribution in [0.5, 0.6) is 5.75 Å². The van der Waals surface area contributed by atoms with Crippen LogP contribution in [0.2, 0.25) is 0 Å². The number of benzene rings is 3. The van der Waals surface area contributed by atoms with Gasteiger partial charge in [-0.15, -0.1) is 0 Å². The minimum atomic E-state index is 0.298. The summed E-state index contributed by atoms with van der Waals surface area (Å²) in [6.45, 7) is 0. The van der Waals surface area contributed by atoms with Gasteiger partial charge in [-0.2, -0.15) is 0 Å². The number of nitrogens with one attached hydrogen (secondary N) is 1. The van der Waals surface area contributed by atoms with Crippen molar-refractivity contribution in [2.45, 2.75) is 6.42 Å². The molecule has 3 aromatic carbocycles. The zero-order valence-electron chi connectivity index (χ0n) is 12.2. The molecule has 0 atom stereocenters. The molecule has 0 heterocycles. The summed E-state index contributed by atoms with van der Waals surface area (Å²) in [5, 5.41) is 12.6. The van der Waals surface area contributed by atoms with Gasteiger partial charge in [-0.1, -0.05) is 24.3 Å². The predicted octanol–water partition coefficient (Wildman–Crippen LogP) is 4.31. The number of phenolic OH excluding ortho intramolecular Hbond substituents is 1. The van der Waals surface area contributed by atoms with Gasteiger partial charge in [-0.3, -0.25) is 0 Å². The first-order valence-corrected chi connectivity index (χ1v) is 7.18. The molecule has 0 bridgehead atoms. The second-order valence-electron chi connectivity index (χ2n) is 5.29. The number of rotatable bonds is 4. The molecule has 0 saturated heterocycles. The molecule has 0 radical (unpaired) electrons. The van der Waals surface area contributed by atoms with Crippen molar-refractivity contribution in [2.24, 2.45) is 0 Å². The van der Waals surface area contributed by atoms with Gasteiger partial charge in [0.2, 0.25) is 0 Å². The minimum absolute atomic E-state index is 0.298. The minimum Gasteiger partial charge on any atom is -0.508 e. The second-order valence-corrected chi connectivity index (χ2v) is 5.29. The summed E-state index contributed by atoms with van der Waals surface area (Å²) in [5.41, 5.74) is 10.9. The molecule has 0 amide bonds. The number of aromatic hydroxyl groups is 1. The highest BCUT2D eigenvalue weighted by Gasteiger charge is 1.99. The molecule has 0 aliphatic carbocycles. The molecule has 0 fully saturated rings. The summed E-state index contributed by atoms with van der Waals surface area (Å²) in [7, 11) is 0. The van der Waals surface area contributed by atoms with Crippen LogP contribution in [0.1, 0.15) is 11.1 Å². The molecule has 3 nitrogen and oxygen atoms in total. The lowest BCUT2D eigenvalue weighted by Crippen LogP contribution is -1.92. The van der Waals surface area contributed by atoms with E-state index in [0.29, 0.717) is 5.75 Å². The van der Waals surface area contributed by atoms with E-state index in [1.165, 1.54) is 11.1 Å². The Kier molecular flexibility index (Phi) is 3.97. The second kappa shape index (κ2) is 6.22. The lowest BCUT2D eigenvalue weighted by molar-refractivity contribution is 0.475. The van der Waals surface area contributed by atoms with E-state index in [1.807, 2.05) is 36.4 Å². The Morgan fingerprint density at radius 3 is 1.68 bits per heavy atom. The number of nitrogens with two attached hydrogens (primary N) is 1. The van der Waals surface area contributed by atoms with Crippen molar-refractivity contribution in [2.75, 3.05) is 11.1 Å². The summed E-state index contributed by atoms with van der Waals surface area (Å²) in [6, 6.07) is 23.3. The average molecular weight is 290 g/mol. The molecule has 0 spiro atoms. The highest BCUT2D eigenvalue weighted by atomic mass is 16.3. The number of phenols is 1. The summed E-state index contributed by atoms with van der Waals surface area (Å²) in [6.07, 6.45) is 0.850. The first kappa shape index (κ1) is 14.0. The Bertz CT molecular complexity index is 665. The highest BCUT2D eigenvalue weighted by molar-refractivity contribution is 5.62. The maximum absolute atomic E-state index is 9.30. The Labute approximate surface area is 130 Å². The molecule has 0 aromatic heterocycles. The van der Waals surface area contributed by atoms with Crippen molar-refractivity contribution in [3.05, 3.63) is 83.9 Å². The van der Waals surface area contributed by atoms with E-state index in [0.717, 1.165) is 23.5 Å². The van der Waals surface area contributed by atoms with Crippen LogP contribution >= 0.6 is 0 Å². The zero-order chi connectivity index (χ0) is 15.4. The van der Waals surface area contributed by atoms with Crippen LogP contribution in [0, 0.1) is 0 Å². The van der Waals surface area contributed by atoms with E-state index in [1.54, 1.807) is 12.1 Å². The fourth-order valence-corrected chi connectivity index (χ4v) is 2.29. The standard InChI is InChI=1S/C19H18N2O/c20-16-5-9-18(10-6-16)21-17-7-1-14(2-8-17)13-15-3-11-19(22)12-4-15/h1-12,21-22H,13,20H2. The molecule has 0 unspecified atom stereocenters. The van der Waals surface area contributed by atoms with Crippen LogP contribution in [0.4, 0.5) is 17.1 Å². The fourth-order valence-electron chi connectivity index (χ4n) is 2.29. The first-order chi connectivity index (χ1) is 10.7. The van der Waals surface area contributed by atoms with E-state index >= 15 is 0 Å². The van der Waals surface area contributed by atoms with Gasteiger partial charge in [-0.05, 0) is 66.1 Å². The number of hydrogen-bond acceptors (Lipinski definition) is 3. The number of hydrogen-bond donors (Lipinski definition) is 3. The van der Waals surface area contributed by atoms with E-state index in [2.05, 4.69) is 29.6 Å². The van der Waals surface area contributed by atoms with Gasteiger partial charge in [0.25, 0.3) is 0 Å². The molecule has 0 saturated carbocycles. The third-order valence-corrected chi connectivity index (χ3v) is 3.50. The normalized spacial score (nSPS) is 10.4. The van der Waals surface area contributed by atoms with Gasteiger partial charge in [0, 0.05) is 17.1 Å². The topological polar surface area (TPSA) is 58.3 Å². The molecule has 4 N–H and O–H groups in total. The molecule has 0 aliphatic heterocycles. The van der Waals surface area contributed by atoms with Crippen LogP contribution in [-0.4, -0.2) is 5.11 Å². The maximum atomic E-state index is 9.30. The van der Waals surface area contributed by atoms with E-state index in [-0.39, 0.29) is 0 Å². The van der Waals surface area contributed by atoms with E-state index in [9.17, 15) is 5.11 Å². The number of anilines is 3. The van der Waals surface area contributed by atoms with Crippen molar-refractivity contribution in [3.63, 3.8) is 0 Å². The van der Waals surface area contributed by atoms with Crippen molar-refractivity contribution < 1.29 is 5.11 Å². The van der Waals surface area contributed by atoms with Gasteiger partial charge in [0.05, 0.1) is 0 Å². The van der Waals surface area contributed by atoms with Gasteiger partial charge in [0.1, 0.15) is 5.75 Å². The SMILES string of the molecule is Nc1ccc(Nc2ccc(Cc3ccc(O)cc3)cc2)cc1. The monoisotopic (exact) mass is 290 g/mol. The lowest BCUT2D eigenvalue weighted by atomic mass is 10.0. The third kappa shape index (κ3) is 3.58. The maximum Gasteiger partial charge on any atom is 0.115 e. The molecular formula is C19H18N2O. The van der Waals surface area contributed by atoms with Gasteiger partial charge in [0.15, 0.2) is 0 Å². The summed E-state index contributed by atoms with van der Waals surface area (Å²) in [4.78, 5) is 0. The largest absolute Gasteiger partial charge is 0.508 e. The van der Waals surface area contributed by atoms with Gasteiger partial charge < -0.3 is 16.2 Å². The van der Waals surface area contributed by atoms with Crippen LogP contribution in [-0.2, 0) is 6.42 Å². The molecule has 3 heteroatoms. The highest BCUT2D eigenvalue weighted by Crippen LogP contribution is 2.20. The van der Waals surface area contributed by atoms with Crippen LogP contribution in [0.3, 0.4) is 0 Å². The zero-order valence-corrected chi connectivity index (χ0v) is 12.2. The third-order valence-electron chi connectivity index (χ3n) is 3.50. The van der Waals surface area contributed by atoms with Crippen LogP contribution < -0.4 is 11.1 Å². The van der Waals surface area contributed by atoms with Crippen molar-refractivity contribution in [3.8, 4) is 5.75 Å². The van der Waals surface area contributed by atoms with Crippen molar-refractivity contribution >= 4 is 17.1 Å². The van der Waals surface area contributed by atoms with E-state index < -0.39 is 0 Å². The van der Waals surface area contributed by atoms with E-state index in [4.69, 9.17) is 5.73 Å². The van der Waals surface area contributed by atoms with Crippen molar-refractivity contribution in [1.29, 1.82) is 0 Å². The van der Waals surface area contributed by atoms with Crippen LogP contribution in [0.25, 0.3) is 0 Å². The molecular weight excluding hydrogens is 272 g/mol. The Morgan fingerprint density at radius 1 is 0.682 bits per heavy atom. The summed E-state index contributed by atoms with van der Waals surface area (Å²) >= 11 is 0. The van der Waals surface area contributed by atoms with Crippen molar-refractivity contribution in [1.82, 2.24) is 0 Å².